The second-order valence-corrected chi connectivity index (χ2v) is 6.04. The first-order valence-electron chi connectivity index (χ1n) is 5.97. The number of carboxylic acid groups (broad SMARTS) is 1. The number of hydrogen-bond donors (Lipinski definition) is 1. The van der Waals surface area contributed by atoms with Crippen molar-refractivity contribution < 1.29 is 9.90 Å². The van der Waals surface area contributed by atoms with E-state index in [9.17, 15) is 9.90 Å². The van der Waals surface area contributed by atoms with E-state index in [-0.39, 0.29) is 5.92 Å². The maximum Gasteiger partial charge on any atom is 0.310 e. The van der Waals surface area contributed by atoms with Crippen LogP contribution in [0.3, 0.4) is 0 Å². The number of aliphatic carboxylic acids is 1. The van der Waals surface area contributed by atoms with Gasteiger partial charge in [0.2, 0.25) is 0 Å². The van der Waals surface area contributed by atoms with Crippen molar-refractivity contribution in [1.82, 2.24) is 0 Å². The monoisotopic (exact) mass is 258 g/mol. The molecule has 0 fully saturated rings. The van der Waals surface area contributed by atoms with E-state index in [1.165, 1.54) is 10.4 Å². The van der Waals surface area contributed by atoms with Crippen LogP contribution >= 0.6 is 11.3 Å². The lowest BCUT2D eigenvalue weighted by molar-refractivity contribution is -0.148. The normalized spacial score (nSPS) is 25.9. The molecule has 1 N–H and O–H groups in total. The quantitative estimate of drug-likeness (QED) is 0.894. The molecule has 1 aliphatic carbocycles. The summed E-state index contributed by atoms with van der Waals surface area (Å²) >= 11 is 1.67. The van der Waals surface area contributed by atoms with Crippen LogP contribution < -0.4 is 0 Å². The Morgan fingerprint density at radius 2 is 2.06 bits per heavy atom. The van der Waals surface area contributed by atoms with Crippen molar-refractivity contribution in [3.05, 3.63) is 57.8 Å². The molecule has 0 bridgehead atoms. The van der Waals surface area contributed by atoms with Crippen LogP contribution in [0.25, 0.3) is 0 Å². The lowest BCUT2D eigenvalue weighted by atomic mass is 9.74. The third-order valence-corrected chi connectivity index (χ3v) is 4.81. The molecule has 1 unspecified atom stereocenters. The summed E-state index contributed by atoms with van der Waals surface area (Å²) in [6.07, 6.45) is 0.634. The van der Waals surface area contributed by atoms with Gasteiger partial charge in [-0.2, -0.15) is 0 Å². The van der Waals surface area contributed by atoms with E-state index in [0.29, 0.717) is 6.42 Å². The second-order valence-electron chi connectivity index (χ2n) is 5.04. The van der Waals surface area contributed by atoms with Gasteiger partial charge in [-0.15, -0.1) is 11.3 Å². The van der Waals surface area contributed by atoms with Crippen molar-refractivity contribution in [1.29, 1.82) is 0 Å². The van der Waals surface area contributed by atoms with Crippen LogP contribution in [0.15, 0.2) is 41.8 Å². The summed E-state index contributed by atoms with van der Waals surface area (Å²) in [5.74, 6) is -0.739. The fraction of sp³-hybridized carbons (Fsp3) is 0.267. The Hall–Kier alpha value is -1.61. The molecular formula is C15H14O2S. The molecule has 2 aromatic rings. The minimum Gasteiger partial charge on any atom is -0.481 e. The first kappa shape index (κ1) is 11.5. The average Bonchev–Trinajstić information content (AvgIpc) is 2.88. The highest BCUT2D eigenvalue weighted by molar-refractivity contribution is 7.10. The number of benzene rings is 1. The fourth-order valence-electron chi connectivity index (χ4n) is 2.92. The van der Waals surface area contributed by atoms with E-state index in [4.69, 9.17) is 0 Å². The van der Waals surface area contributed by atoms with Gasteiger partial charge < -0.3 is 5.11 Å². The third kappa shape index (κ3) is 1.51. The molecule has 0 aliphatic heterocycles. The molecule has 0 saturated heterocycles. The number of rotatable bonds is 2. The van der Waals surface area contributed by atoms with Crippen molar-refractivity contribution in [2.45, 2.75) is 19.3 Å². The van der Waals surface area contributed by atoms with Gasteiger partial charge in [-0.05, 0) is 35.9 Å². The minimum absolute atomic E-state index is 0.0301. The largest absolute Gasteiger partial charge is 0.481 e. The molecule has 3 heteroatoms. The highest BCUT2D eigenvalue weighted by Crippen LogP contribution is 2.52. The Morgan fingerprint density at radius 3 is 2.72 bits per heavy atom. The van der Waals surface area contributed by atoms with Crippen LogP contribution in [0.5, 0.6) is 0 Å². The lowest BCUT2D eigenvalue weighted by Gasteiger charge is -2.28. The molecule has 1 heterocycles. The van der Waals surface area contributed by atoms with Gasteiger partial charge in [0, 0.05) is 10.8 Å². The Bertz CT molecular complexity index is 588. The zero-order chi connectivity index (χ0) is 12.8. The highest BCUT2D eigenvalue weighted by atomic mass is 32.1. The second kappa shape index (κ2) is 3.95. The number of thiophene rings is 1. The smallest absolute Gasteiger partial charge is 0.310 e. The number of hydrogen-bond acceptors (Lipinski definition) is 2. The van der Waals surface area contributed by atoms with Crippen LogP contribution in [-0.2, 0) is 11.2 Å². The molecule has 1 aromatic carbocycles. The molecule has 2 atom stereocenters. The summed E-state index contributed by atoms with van der Waals surface area (Å²) in [5, 5.41) is 11.7. The maximum atomic E-state index is 11.7. The van der Waals surface area contributed by atoms with Crippen molar-refractivity contribution in [2.24, 2.45) is 5.41 Å². The molecule has 0 radical (unpaired) electrons. The van der Waals surface area contributed by atoms with Gasteiger partial charge in [0.1, 0.15) is 0 Å². The topological polar surface area (TPSA) is 37.3 Å². The number of fused-ring (bicyclic) bond motifs is 1. The van der Waals surface area contributed by atoms with Gasteiger partial charge in [0.25, 0.3) is 0 Å². The van der Waals surface area contributed by atoms with Crippen LogP contribution in [0.2, 0.25) is 0 Å². The SMILES string of the molecule is C[C@]1(C(=O)O)Cc2sccc2C1c1ccccc1. The van der Waals surface area contributed by atoms with E-state index >= 15 is 0 Å². The molecule has 92 valence electrons. The molecule has 0 spiro atoms. The van der Waals surface area contributed by atoms with Crippen LogP contribution in [0.1, 0.15) is 28.8 Å². The molecule has 0 saturated carbocycles. The summed E-state index contributed by atoms with van der Waals surface area (Å²) in [4.78, 5) is 12.9. The maximum absolute atomic E-state index is 11.7. The molecule has 3 rings (SSSR count). The molecule has 2 nitrogen and oxygen atoms in total. The summed E-state index contributed by atoms with van der Waals surface area (Å²) < 4.78 is 0. The highest BCUT2D eigenvalue weighted by Gasteiger charge is 2.49. The van der Waals surface area contributed by atoms with Gasteiger partial charge in [-0.1, -0.05) is 30.3 Å². The molecule has 1 aromatic heterocycles. The van der Waals surface area contributed by atoms with E-state index in [2.05, 4.69) is 11.4 Å². The zero-order valence-corrected chi connectivity index (χ0v) is 10.9. The van der Waals surface area contributed by atoms with Gasteiger partial charge in [-0.3, -0.25) is 4.79 Å². The standard InChI is InChI=1S/C15H14O2S/c1-15(14(16)17)9-12-11(7-8-18-12)13(15)10-5-3-2-4-6-10/h2-8,13H,9H2,1H3,(H,16,17)/t13?,15-/m0/s1. The Morgan fingerprint density at radius 1 is 1.33 bits per heavy atom. The molecule has 0 amide bonds. The predicted octanol–water partition coefficient (Wildman–Crippen LogP) is 3.53. The van der Waals surface area contributed by atoms with Gasteiger partial charge >= 0.3 is 5.97 Å². The molecule has 1 aliphatic rings. The first-order valence-corrected chi connectivity index (χ1v) is 6.85. The molecule has 18 heavy (non-hydrogen) atoms. The summed E-state index contributed by atoms with van der Waals surface area (Å²) in [6.45, 7) is 1.86. The van der Waals surface area contributed by atoms with Crippen molar-refractivity contribution in [3.63, 3.8) is 0 Å². The van der Waals surface area contributed by atoms with Crippen molar-refractivity contribution >= 4 is 17.3 Å². The van der Waals surface area contributed by atoms with Gasteiger partial charge in [-0.25, -0.2) is 0 Å². The molecular weight excluding hydrogens is 244 g/mol. The average molecular weight is 258 g/mol. The van der Waals surface area contributed by atoms with Crippen LogP contribution in [0, 0.1) is 5.41 Å². The number of carboxylic acids is 1. The van der Waals surface area contributed by atoms with Crippen LogP contribution in [-0.4, -0.2) is 11.1 Å². The van der Waals surface area contributed by atoms with E-state index < -0.39 is 11.4 Å². The fourth-order valence-corrected chi connectivity index (χ4v) is 4.01. The Balaban J connectivity index is 2.16. The van der Waals surface area contributed by atoms with Crippen LogP contribution in [0.4, 0.5) is 0 Å². The minimum atomic E-state index is -0.718. The predicted molar refractivity (Wildman–Crippen MR) is 72.1 cm³/mol. The Labute approximate surface area is 110 Å². The van der Waals surface area contributed by atoms with E-state index in [1.807, 2.05) is 37.3 Å². The zero-order valence-electron chi connectivity index (χ0n) is 10.1. The summed E-state index contributed by atoms with van der Waals surface area (Å²) in [5.41, 5.74) is 1.57. The summed E-state index contributed by atoms with van der Waals surface area (Å²) in [7, 11) is 0. The lowest BCUT2D eigenvalue weighted by Crippen LogP contribution is -2.32. The Kier molecular flexibility index (Phi) is 2.52. The van der Waals surface area contributed by atoms with E-state index in [0.717, 1.165) is 5.56 Å². The third-order valence-electron chi connectivity index (χ3n) is 3.88. The summed E-state index contributed by atoms with van der Waals surface area (Å²) in [6, 6.07) is 12.0. The van der Waals surface area contributed by atoms with Crippen molar-refractivity contribution in [3.8, 4) is 0 Å². The van der Waals surface area contributed by atoms with Gasteiger partial charge in [0.05, 0.1) is 5.41 Å². The van der Waals surface area contributed by atoms with Crippen molar-refractivity contribution in [2.75, 3.05) is 0 Å². The van der Waals surface area contributed by atoms with E-state index in [1.54, 1.807) is 11.3 Å². The van der Waals surface area contributed by atoms with Gasteiger partial charge in [0.15, 0.2) is 0 Å². The first-order chi connectivity index (χ1) is 8.63. The number of carbonyl (C=O) groups is 1.